The van der Waals surface area contributed by atoms with Crippen molar-refractivity contribution in [1.29, 1.82) is 0 Å². The number of rotatable bonds is 7. The monoisotopic (exact) mass is 541 g/mol. The second-order valence-corrected chi connectivity index (χ2v) is 10.1. The van der Waals surface area contributed by atoms with Crippen molar-refractivity contribution in [3.63, 3.8) is 0 Å². The van der Waals surface area contributed by atoms with Crippen LogP contribution in [0.25, 0.3) is 10.9 Å². The number of nitrogens with zero attached hydrogens (tertiary/aromatic N) is 3. The van der Waals surface area contributed by atoms with E-state index in [1.54, 1.807) is 40.8 Å². The highest BCUT2D eigenvalue weighted by molar-refractivity contribution is 6.45. The summed E-state index contributed by atoms with van der Waals surface area (Å²) in [5, 5.41) is 0.695. The number of ketones is 1. The number of piperidine rings is 1. The zero-order valence-electron chi connectivity index (χ0n) is 21.5. The van der Waals surface area contributed by atoms with Crippen molar-refractivity contribution in [2.45, 2.75) is 26.2 Å². The minimum atomic E-state index is -0.843. The number of esters is 1. The summed E-state index contributed by atoms with van der Waals surface area (Å²) < 4.78 is 19.7. The fraction of sp³-hybridized carbons (Fsp3) is 0.357. The second-order valence-electron chi connectivity index (χ2n) is 9.67. The van der Waals surface area contributed by atoms with Crippen LogP contribution in [0.2, 0.25) is 5.02 Å². The molecular formula is C28H29ClFN3O5. The van der Waals surface area contributed by atoms with Gasteiger partial charge in [0.2, 0.25) is 0 Å². The number of likely N-dealkylation sites (N-methyl/N-ethyl adjacent to an activating group) is 1. The highest BCUT2D eigenvalue weighted by atomic mass is 35.5. The number of amides is 2. The Labute approximate surface area is 224 Å². The summed E-state index contributed by atoms with van der Waals surface area (Å²) in [5.41, 5.74) is 2.06. The van der Waals surface area contributed by atoms with Crippen molar-refractivity contribution in [3.8, 4) is 0 Å². The van der Waals surface area contributed by atoms with Crippen LogP contribution in [0.3, 0.4) is 0 Å². The Morgan fingerprint density at radius 1 is 1.08 bits per heavy atom. The highest BCUT2D eigenvalue weighted by Crippen LogP contribution is 2.31. The maximum Gasteiger partial charge on any atom is 0.304 e. The molecule has 2 heterocycles. The fourth-order valence-electron chi connectivity index (χ4n) is 4.75. The minimum absolute atomic E-state index is 0.130. The van der Waals surface area contributed by atoms with Crippen LogP contribution in [0, 0.1) is 11.7 Å². The molecule has 2 aromatic carbocycles. The summed E-state index contributed by atoms with van der Waals surface area (Å²) in [5.74, 6) is -2.31. The SMILES string of the molecule is CC(=O)OCN(C)C(=O)C(=O)c1cn(C)c2cc(Cl)c(C(=O)N3CCC(Cc4ccc(F)cc4)CC3)cc12. The quantitative estimate of drug-likeness (QED) is 0.193. The number of carbonyl (C=O) groups excluding carboxylic acids is 4. The molecule has 0 saturated carbocycles. The first-order chi connectivity index (χ1) is 18.0. The Morgan fingerprint density at radius 3 is 2.37 bits per heavy atom. The maximum atomic E-state index is 13.4. The van der Waals surface area contributed by atoms with Crippen LogP contribution in [-0.2, 0) is 27.8 Å². The number of hydrogen-bond donors (Lipinski definition) is 0. The van der Waals surface area contributed by atoms with Gasteiger partial charge in [-0.15, -0.1) is 0 Å². The van der Waals surface area contributed by atoms with E-state index < -0.39 is 17.7 Å². The Hall–Kier alpha value is -3.72. The molecule has 1 aliphatic heterocycles. The molecule has 3 aromatic rings. The van der Waals surface area contributed by atoms with E-state index in [2.05, 4.69) is 0 Å². The smallest absolute Gasteiger partial charge is 0.304 e. The number of benzene rings is 2. The highest BCUT2D eigenvalue weighted by Gasteiger charge is 2.28. The molecule has 1 aromatic heterocycles. The molecule has 38 heavy (non-hydrogen) atoms. The predicted molar refractivity (Wildman–Crippen MR) is 140 cm³/mol. The Balaban J connectivity index is 1.50. The Kier molecular flexibility index (Phi) is 8.16. The maximum absolute atomic E-state index is 13.4. The largest absolute Gasteiger partial charge is 0.444 e. The van der Waals surface area contributed by atoms with Crippen LogP contribution >= 0.6 is 11.6 Å². The standard InChI is InChI=1S/C28H29ClFN3O5/c1-17(34)38-16-32(3)28(37)26(35)23-15-31(2)25-14-24(29)22(13-21(23)25)27(36)33-10-8-19(9-11-33)12-18-4-6-20(30)7-5-18/h4-7,13-15,19H,8-12,16H2,1-3H3. The number of carbonyl (C=O) groups is 4. The summed E-state index contributed by atoms with van der Waals surface area (Å²) in [7, 11) is 3.08. The predicted octanol–water partition coefficient (Wildman–Crippen LogP) is 4.23. The minimum Gasteiger partial charge on any atom is -0.444 e. The van der Waals surface area contributed by atoms with Gasteiger partial charge in [-0.1, -0.05) is 23.7 Å². The van der Waals surface area contributed by atoms with Gasteiger partial charge in [0.05, 0.1) is 21.7 Å². The molecule has 0 atom stereocenters. The molecule has 1 fully saturated rings. The average Bonchev–Trinajstić information content (AvgIpc) is 3.22. The summed E-state index contributed by atoms with van der Waals surface area (Å²) in [6.07, 6.45) is 3.96. The van der Waals surface area contributed by atoms with Gasteiger partial charge < -0.3 is 19.1 Å². The third-order valence-electron chi connectivity index (χ3n) is 6.90. The summed E-state index contributed by atoms with van der Waals surface area (Å²) >= 11 is 6.51. The van der Waals surface area contributed by atoms with Crippen molar-refractivity contribution >= 4 is 46.1 Å². The third kappa shape index (κ3) is 5.88. The van der Waals surface area contributed by atoms with E-state index in [1.807, 2.05) is 0 Å². The zero-order chi connectivity index (χ0) is 27.6. The lowest BCUT2D eigenvalue weighted by molar-refractivity contribution is -0.148. The van der Waals surface area contributed by atoms with Gasteiger partial charge in [-0.25, -0.2) is 4.39 Å². The summed E-state index contributed by atoms with van der Waals surface area (Å²) in [4.78, 5) is 53.0. The number of fused-ring (bicyclic) bond motifs is 1. The number of aryl methyl sites for hydroxylation is 1. The van der Waals surface area contributed by atoms with Gasteiger partial charge in [0.1, 0.15) is 5.82 Å². The lowest BCUT2D eigenvalue weighted by atomic mass is 9.90. The molecule has 0 radical (unpaired) electrons. The van der Waals surface area contributed by atoms with E-state index in [1.165, 1.54) is 32.3 Å². The third-order valence-corrected chi connectivity index (χ3v) is 7.21. The summed E-state index contributed by atoms with van der Waals surface area (Å²) in [6, 6.07) is 9.69. The molecule has 0 aliphatic carbocycles. The van der Waals surface area contributed by atoms with Gasteiger partial charge in [0.25, 0.3) is 17.6 Å². The Morgan fingerprint density at radius 2 is 1.74 bits per heavy atom. The van der Waals surface area contributed by atoms with Gasteiger partial charge in [0, 0.05) is 45.7 Å². The van der Waals surface area contributed by atoms with Crippen molar-refractivity contribution in [2.24, 2.45) is 13.0 Å². The molecule has 0 spiro atoms. The number of halogens is 2. The molecule has 200 valence electrons. The molecule has 0 unspecified atom stereocenters. The van der Waals surface area contributed by atoms with E-state index >= 15 is 0 Å². The van der Waals surface area contributed by atoms with E-state index in [0.717, 1.165) is 29.7 Å². The molecule has 0 N–H and O–H groups in total. The molecule has 0 bridgehead atoms. The fourth-order valence-corrected chi connectivity index (χ4v) is 4.99. The van der Waals surface area contributed by atoms with Crippen molar-refractivity contribution in [2.75, 3.05) is 26.9 Å². The average molecular weight is 542 g/mol. The van der Waals surface area contributed by atoms with Crippen molar-refractivity contribution in [1.82, 2.24) is 14.4 Å². The molecule has 1 saturated heterocycles. The first-order valence-electron chi connectivity index (χ1n) is 12.3. The van der Waals surface area contributed by atoms with Crippen molar-refractivity contribution in [3.05, 3.63) is 70.1 Å². The number of hydrogen-bond acceptors (Lipinski definition) is 5. The number of aromatic nitrogens is 1. The second kappa shape index (κ2) is 11.3. The van der Waals surface area contributed by atoms with Crippen LogP contribution < -0.4 is 0 Å². The molecule has 1 aliphatic rings. The van der Waals surface area contributed by atoms with Gasteiger partial charge >= 0.3 is 5.97 Å². The van der Waals surface area contributed by atoms with Crippen LogP contribution in [0.1, 0.15) is 46.0 Å². The molecule has 2 amide bonds. The topological polar surface area (TPSA) is 88.9 Å². The van der Waals surface area contributed by atoms with E-state index in [0.29, 0.717) is 29.9 Å². The van der Waals surface area contributed by atoms with Gasteiger partial charge in [-0.3, -0.25) is 19.2 Å². The first kappa shape index (κ1) is 27.3. The molecule has 4 rings (SSSR count). The van der Waals surface area contributed by atoms with Gasteiger partial charge in [-0.05, 0) is 55.0 Å². The van der Waals surface area contributed by atoms with Gasteiger partial charge in [-0.2, -0.15) is 0 Å². The first-order valence-corrected chi connectivity index (χ1v) is 12.7. The Bertz CT molecular complexity index is 1390. The zero-order valence-corrected chi connectivity index (χ0v) is 22.3. The van der Waals surface area contributed by atoms with Crippen LogP contribution in [-0.4, -0.2) is 64.8 Å². The van der Waals surface area contributed by atoms with Crippen LogP contribution in [0.4, 0.5) is 4.39 Å². The number of ether oxygens (including phenoxy) is 1. The van der Waals surface area contributed by atoms with E-state index in [-0.39, 0.29) is 34.6 Å². The molecular weight excluding hydrogens is 513 g/mol. The van der Waals surface area contributed by atoms with Crippen LogP contribution in [0.5, 0.6) is 0 Å². The number of likely N-dealkylation sites (tertiary alicyclic amines) is 1. The van der Waals surface area contributed by atoms with Gasteiger partial charge in [0.15, 0.2) is 6.73 Å². The van der Waals surface area contributed by atoms with Crippen molar-refractivity contribution < 1.29 is 28.3 Å². The lowest BCUT2D eigenvalue weighted by Gasteiger charge is -2.32. The number of Topliss-reactive ketones (excluding diaryl/α,β-unsaturated/α-hetero) is 1. The lowest BCUT2D eigenvalue weighted by Crippen LogP contribution is -2.39. The molecule has 8 nitrogen and oxygen atoms in total. The normalized spacial score (nSPS) is 14.0. The van der Waals surface area contributed by atoms with Crippen LogP contribution in [0.15, 0.2) is 42.6 Å². The summed E-state index contributed by atoms with van der Waals surface area (Å²) in [6.45, 7) is 1.97. The molecule has 10 heteroatoms. The van der Waals surface area contributed by atoms with E-state index in [9.17, 15) is 23.6 Å². The van der Waals surface area contributed by atoms with E-state index in [4.69, 9.17) is 16.3 Å².